The number of fused-ring (bicyclic) bond motifs is 1. The van der Waals surface area contributed by atoms with E-state index in [-0.39, 0.29) is 0 Å². The van der Waals surface area contributed by atoms with Gasteiger partial charge in [0.15, 0.2) is 5.11 Å². The maximum absolute atomic E-state index is 5.55. The first-order chi connectivity index (χ1) is 12.1. The van der Waals surface area contributed by atoms with Gasteiger partial charge in [0.05, 0.1) is 57.0 Å². The number of nitrogens with one attached hydrogen (secondary N) is 3. The lowest BCUT2D eigenvalue weighted by Crippen LogP contribution is -3.13. The summed E-state index contributed by atoms with van der Waals surface area (Å²) in [4.78, 5) is 10.2. The van der Waals surface area contributed by atoms with Gasteiger partial charge in [0.2, 0.25) is 0 Å². The van der Waals surface area contributed by atoms with E-state index in [1.807, 2.05) is 11.3 Å². The van der Waals surface area contributed by atoms with Crippen LogP contribution in [0.4, 0.5) is 0 Å². The highest BCUT2D eigenvalue weighted by Crippen LogP contribution is 2.20. The Labute approximate surface area is 159 Å². The zero-order chi connectivity index (χ0) is 17.6. The van der Waals surface area contributed by atoms with Crippen LogP contribution in [0, 0.1) is 0 Å². The van der Waals surface area contributed by atoms with Gasteiger partial charge in [-0.05, 0) is 24.4 Å². The third kappa shape index (κ3) is 5.34. The quantitative estimate of drug-likeness (QED) is 0.463. The minimum atomic E-state index is 0.924. The van der Waals surface area contributed by atoms with E-state index < -0.39 is 0 Å². The fourth-order valence-electron chi connectivity index (χ4n) is 3.16. The maximum atomic E-state index is 5.55. The van der Waals surface area contributed by atoms with Gasteiger partial charge in [0.1, 0.15) is 11.6 Å². The summed E-state index contributed by atoms with van der Waals surface area (Å²) in [6, 6.07) is 8.41. The smallest absolute Gasteiger partial charge is 0.169 e. The monoisotopic (exact) mass is 379 g/mol. The number of nitrogens with zero attached hydrogens (tertiary/aromatic N) is 2. The van der Waals surface area contributed by atoms with Crippen LogP contribution in [0.25, 0.3) is 10.2 Å². The number of quaternary nitrogens is 2. The molecular formula is C18H29N5S2+2. The van der Waals surface area contributed by atoms with E-state index in [9.17, 15) is 0 Å². The average molecular weight is 380 g/mol. The van der Waals surface area contributed by atoms with Crippen molar-refractivity contribution < 1.29 is 9.80 Å². The van der Waals surface area contributed by atoms with Gasteiger partial charge in [0.25, 0.3) is 0 Å². The van der Waals surface area contributed by atoms with Crippen molar-refractivity contribution in [3.05, 3.63) is 29.3 Å². The van der Waals surface area contributed by atoms with Crippen molar-refractivity contribution in [1.82, 2.24) is 15.2 Å². The Morgan fingerprint density at radius 2 is 2.08 bits per heavy atom. The van der Waals surface area contributed by atoms with Gasteiger partial charge in [-0.15, -0.1) is 11.3 Å². The molecule has 0 amide bonds. The van der Waals surface area contributed by atoms with Crippen LogP contribution in [0.3, 0.4) is 0 Å². The Morgan fingerprint density at radius 3 is 2.80 bits per heavy atom. The molecule has 2 aromatic rings. The number of hydrogen-bond acceptors (Lipinski definition) is 3. The van der Waals surface area contributed by atoms with E-state index >= 15 is 0 Å². The predicted molar refractivity (Wildman–Crippen MR) is 108 cm³/mol. The summed E-state index contributed by atoms with van der Waals surface area (Å²) < 4.78 is 1.29. The zero-order valence-electron chi connectivity index (χ0n) is 15.2. The summed E-state index contributed by atoms with van der Waals surface area (Å²) in [5.74, 6) is 0. The summed E-state index contributed by atoms with van der Waals surface area (Å²) in [6.45, 7) is 7.49. The molecule has 3 rings (SSSR count). The Hall–Kier alpha value is -1.28. The van der Waals surface area contributed by atoms with Gasteiger partial charge in [0, 0.05) is 13.0 Å². The molecule has 0 bridgehead atoms. The first-order valence-electron chi connectivity index (χ1n) is 9.11. The van der Waals surface area contributed by atoms with E-state index in [4.69, 9.17) is 17.2 Å². The van der Waals surface area contributed by atoms with Crippen molar-refractivity contribution in [2.75, 3.05) is 53.4 Å². The van der Waals surface area contributed by atoms with E-state index in [1.54, 1.807) is 4.90 Å². The molecule has 1 aliphatic heterocycles. The number of benzene rings is 1. The molecular weight excluding hydrogens is 350 g/mol. The molecule has 1 aromatic heterocycles. The van der Waals surface area contributed by atoms with E-state index in [0.717, 1.165) is 56.3 Å². The highest BCUT2D eigenvalue weighted by atomic mass is 32.1. The van der Waals surface area contributed by atoms with Crippen molar-refractivity contribution in [1.29, 1.82) is 0 Å². The lowest BCUT2D eigenvalue weighted by Gasteiger charge is -2.33. The van der Waals surface area contributed by atoms with Crippen LogP contribution in [0.2, 0.25) is 0 Å². The number of thiocarbonyl (C=S) groups is 1. The molecule has 1 saturated heterocycles. The average Bonchev–Trinajstić information content (AvgIpc) is 3.01. The topological polar surface area (TPSA) is 37.0 Å². The van der Waals surface area contributed by atoms with Crippen LogP contribution < -0.4 is 15.1 Å². The Morgan fingerprint density at radius 1 is 1.32 bits per heavy atom. The SMILES string of the molecule is C[NH+](C)CCCNC(=S)N1CC[NH+](Cc2nc3ccccc3s2)CC1. The van der Waals surface area contributed by atoms with E-state index in [0.29, 0.717) is 0 Å². The standard InChI is InChI=1S/C18H27N5S2/c1-21(2)9-5-8-19-18(24)23-12-10-22(11-13-23)14-17-20-15-6-3-4-7-16(15)25-17/h3-4,6-7H,5,8-14H2,1-2H3,(H,19,24)/p+2. The van der Waals surface area contributed by atoms with Gasteiger partial charge in [-0.2, -0.15) is 0 Å². The van der Waals surface area contributed by atoms with Crippen molar-refractivity contribution >= 4 is 38.9 Å². The lowest BCUT2D eigenvalue weighted by atomic mass is 10.3. The second kappa shape index (κ2) is 8.89. The third-order valence-corrected chi connectivity index (χ3v) is 6.07. The highest BCUT2D eigenvalue weighted by Gasteiger charge is 2.22. The number of para-hydroxylation sites is 1. The van der Waals surface area contributed by atoms with Crippen LogP contribution in [-0.2, 0) is 6.54 Å². The number of piperazine rings is 1. The van der Waals surface area contributed by atoms with Gasteiger partial charge >= 0.3 is 0 Å². The molecule has 1 aliphatic rings. The highest BCUT2D eigenvalue weighted by molar-refractivity contribution is 7.80. The first kappa shape index (κ1) is 18.5. The summed E-state index contributed by atoms with van der Waals surface area (Å²) in [5, 5.41) is 5.59. The Balaban J connectivity index is 1.41. The van der Waals surface area contributed by atoms with Gasteiger partial charge in [-0.3, -0.25) is 0 Å². The summed E-state index contributed by atoms with van der Waals surface area (Å²) in [6.07, 6.45) is 1.16. The maximum Gasteiger partial charge on any atom is 0.169 e. The minimum absolute atomic E-state index is 0.924. The van der Waals surface area contributed by atoms with Crippen LogP contribution in [0.1, 0.15) is 11.4 Å². The number of hydrogen-bond donors (Lipinski definition) is 3. The molecule has 5 nitrogen and oxygen atoms in total. The first-order valence-corrected chi connectivity index (χ1v) is 10.3. The summed E-state index contributed by atoms with van der Waals surface area (Å²) >= 11 is 7.38. The molecule has 0 unspecified atom stereocenters. The number of aromatic nitrogens is 1. The van der Waals surface area contributed by atoms with Gasteiger partial charge in [-0.1, -0.05) is 12.1 Å². The molecule has 0 radical (unpaired) electrons. The summed E-state index contributed by atoms with van der Waals surface area (Å²) in [7, 11) is 4.37. The molecule has 3 N–H and O–H groups in total. The molecule has 7 heteroatoms. The number of thiazole rings is 1. The predicted octanol–water partition coefficient (Wildman–Crippen LogP) is -0.594. The van der Waals surface area contributed by atoms with Gasteiger partial charge in [-0.25, -0.2) is 4.98 Å². The van der Waals surface area contributed by atoms with Crippen LogP contribution in [0.15, 0.2) is 24.3 Å². The molecule has 1 aromatic carbocycles. The minimum Gasteiger partial charge on any atom is -0.362 e. The Bertz CT molecular complexity index is 659. The lowest BCUT2D eigenvalue weighted by molar-refractivity contribution is -0.917. The molecule has 0 aliphatic carbocycles. The largest absolute Gasteiger partial charge is 0.362 e. The molecule has 0 spiro atoms. The van der Waals surface area contributed by atoms with Crippen molar-refractivity contribution in [3.63, 3.8) is 0 Å². The second-order valence-electron chi connectivity index (χ2n) is 7.03. The Kier molecular flexibility index (Phi) is 6.58. The fourth-order valence-corrected chi connectivity index (χ4v) is 4.48. The van der Waals surface area contributed by atoms with Crippen LogP contribution >= 0.6 is 23.6 Å². The van der Waals surface area contributed by atoms with E-state index in [2.05, 4.69) is 48.6 Å². The molecule has 25 heavy (non-hydrogen) atoms. The normalized spacial score (nSPS) is 15.9. The molecule has 1 fully saturated rings. The molecule has 2 heterocycles. The van der Waals surface area contributed by atoms with Gasteiger partial charge < -0.3 is 20.0 Å². The fraction of sp³-hybridized carbons (Fsp3) is 0.556. The van der Waals surface area contributed by atoms with Crippen LogP contribution in [-0.4, -0.2) is 68.4 Å². The second-order valence-corrected chi connectivity index (χ2v) is 8.53. The number of rotatable bonds is 6. The third-order valence-electron chi connectivity index (χ3n) is 4.63. The van der Waals surface area contributed by atoms with Crippen LogP contribution in [0.5, 0.6) is 0 Å². The molecule has 0 atom stereocenters. The molecule has 0 saturated carbocycles. The van der Waals surface area contributed by atoms with Crippen molar-refractivity contribution in [2.24, 2.45) is 0 Å². The van der Waals surface area contributed by atoms with Crippen molar-refractivity contribution in [3.8, 4) is 0 Å². The summed E-state index contributed by atoms with van der Waals surface area (Å²) in [5.41, 5.74) is 1.13. The zero-order valence-corrected chi connectivity index (χ0v) is 16.8. The van der Waals surface area contributed by atoms with Crippen molar-refractivity contribution in [2.45, 2.75) is 13.0 Å². The molecule has 136 valence electrons. The van der Waals surface area contributed by atoms with E-state index in [1.165, 1.54) is 21.2 Å².